The van der Waals surface area contributed by atoms with Gasteiger partial charge >= 0.3 is 0 Å². The normalized spacial score (nSPS) is 11.0. The molecule has 0 aliphatic rings. The first-order valence-corrected chi connectivity index (χ1v) is 11.3. The maximum Gasteiger partial charge on any atom is 0.259 e. The third-order valence-corrected chi connectivity index (χ3v) is 5.30. The van der Waals surface area contributed by atoms with E-state index in [1.54, 1.807) is 36.4 Å². The van der Waals surface area contributed by atoms with E-state index in [-0.39, 0.29) is 17.2 Å². The van der Waals surface area contributed by atoms with Gasteiger partial charge in [0, 0.05) is 16.9 Å². The quantitative estimate of drug-likeness (QED) is 0.381. The van der Waals surface area contributed by atoms with Gasteiger partial charge in [0.05, 0.1) is 12.2 Å². The molecule has 5 heteroatoms. The fraction of sp³-hybridized carbons (Fsp3) is 0.286. The van der Waals surface area contributed by atoms with E-state index >= 15 is 0 Å². The lowest BCUT2D eigenvalue weighted by molar-refractivity contribution is 0.101. The van der Waals surface area contributed by atoms with E-state index in [1.807, 2.05) is 36.4 Å². The lowest BCUT2D eigenvalue weighted by atomic mass is 9.87. The van der Waals surface area contributed by atoms with Crippen LogP contribution >= 0.6 is 0 Å². The van der Waals surface area contributed by atoms with Crippen molar-refractivity contribution in [3.8, 4) is 5.75 Å². The van der Waals surface area contributed by atoms with Gasteiger partial charge < -0.3 is 15.4 Å². The van der Waals surface area contributed by atoms with Gasteiger partial charge in [0.25, 0.3) is 11.8 Å². The van der Waals surface area contributed by atoms with E-state index in [0.29, 0.717) is 34.9 Å². The number of carbonyl (C=O) groups is 2. The largest absolute Gasteiger partial charge is 0.493 e. The average molecular weight is 445 g/mol. The maximum absolute atomic E-state index is 12.8. The highest BCUT2D eigenvalue weighted by atomic mass is 16.5. The van der Waals surface area contributed by atoms with E-state index in [9.17, 15) is 9.59 Å². The molecule has 0 spiro atoms. The van der Waals surface area contributed by atoms with Crippen molar-refractivity contribution in [2.45, 2.75) is 46.0 Å². The lowest BCUT2D eigenvalue weighted by Crippen LogP contribution is -2.15. The molecule has 0 aliphatic carbocycles. The Labute approximate surface area is 196 Å². The summed E-state index contributed by atoms with van der Waals surface area (Å²) in [7, 11) is 0. The molecule has 0 heterocycles. The monoisotopic (exact) mass is 444 g/mol. The number of nitrogens with one attached hydrogen (secondary N) is 2. The standard InChI is InChI=1S/C28H32N2O3/c1-5-6-19-33-25-10-8-7-9-24(25)27(32)30-23-17-15-22(16-18-23)29-26(31)20-11-13-21(14-12-20)28(2,3)4/h7-18H,5-6,19H2,1-4H3,(H,29,31)(H,30,32). The Morgan fingerprint density at radius 2 is 1.36 bits per heavy atom. The molecule has 0 saturated carbocycles. The van der Waals surface area contributed by atoms with Gasteiger partial charge in [-0.2, -0.15) is 0 Å². The highest BCUT2D eigenvalue weighted by Crippen LogP contribution is 2.23. The van der Waals surface area contributed by atoms with Crippen LogP contribution in [0, 0.1) is 0 Å². The molecule has 5 nitrogen and oxygen atoms in total. The molecular formula is C28H32N2O3. The summed E-state index contributed by atoms with van der Waals surface area (Å²) in [5.74, 6) is 0.160. The van der Waals surface area contributed by atoms with Crippen LogP contribution in [0.4, 0.5) is 11.4 Å². The van der Waals surface area contributed by atoms with Crippen LogP contribution < -0.4 is 15.4 Å². The molecule has 172 valence electrons. The average Bonchev–Trinajstić information content (AvgIpc) is 2.80. The molecule has 0 aliphatic heterocycles. The number of benzene rings is 3. The molecule has 3 aromatic carbocycles. The Balaban J connectivity index is 1.61. The molecule has 3 aromatic rings. The number of carbonyl (C=O) groups excluding carboxylic acids is 2. The van der Waals surface area contributed by atoms with Crippen molar-refractivity contribution in [2.24, 2.45) is 0 Å². The number of rotatable bonds is 8. The van der Waals surface area contributed by atoms with E-state index < -0.39 is 0 Å². The van der Waals surface area contributed by atoms with Crippen LogP contribution in [0.5, 0.6) is 5.75 Å². The van der Waals surface area contributed by atoms with Crippen LogP contribution in [0.1, 0.15) is 66.8 Å². The zero-order valence-electron chi connectivity index (χ0n) is 19.8. The Kier molecular flexibility index (Phi) is 7.88. The SMILES string of the molecule is CCCCOc1ccccc1C(=O)Nc1ccc(NC(=O)c2ccc(C(C)(C)C)cc2)cc1. The summed E-state index contributed by atoms with van der Waals surface area (Å²) >= 11 is 0. The fourth-order valence-electron chi connectivity index (χ4n) is 3.27. The molecule has 2 N–H and O–H groups in total. The van der Waals surface area contributed by atoms with E-state index in [2.05, 4.69) is 38.3 Å². The maximum atomic E-state index is 12.8. The predicted octanol–water partition coefficient (Wildman–Crippen LogP) is 6.67. The second-order valence-electron chi connectivity index (χ2n) is 9.01. The summed E-state index contributed by atoms with van der Waals surface area (Å²) in [4.78, 5) is 25.3. The van der Waals surface area contributed by atoms with Crippen LogP contribution in [0.15, 0.2) is 72.8 Å². The molecule has 2 amide bonds. The summed E-state index contributed by atoms with van der Waals surface area (Å²) < 4.78 is 5.76. The van der Waals surface area contributed by atoms with Crippen LogP contribution in [0.25, 0.3) is 0 Å². The highest BCUT2D eigenvalue weighted by molar-refractivity contribution is 6.07. The molecule has 0 saturated heterocycles. The number of hydrogen-bond donors (Lipinski definition) is 2. The molecular weight excluding hydrogens is 412 g/mol. The summed E-state index contributed by atoms with van der Waals surface area (Å²) in [6, 6.07) is 21.9. The minimum atomic E-state index is -0.238. The van der Waals surface area contributed by atoms with Crippen LogP contribution in [-0.4, -0.2) is 18.4 Å². The van der Waals surface area contributed by atoms with Gasteiger partial charge in [-0.25, -0.2) is 0 Å². The topological polar surface area (TPSA) is 67.4 Å². The smallest absolute Gasteiger partial charge is 0.259 e. The number of anilines is 2. The van der Waals surface area contributed by atoms with Gasteiger partial charge in [0.15, 0.2) is 0 Å². The van der Waals surface area contributed by atoms with Crippen molar-refractivity contribution in [3.05, 3.63) is 89.5 Å². The van der Waals surface area contributed by atoms with Crippen molar-refractivity contribution in [1.82, 2.24) is 0 Å². The second kappa shape index (κ2) is 10.8. The molecule has 0 bridgehead atoms. The number of hydrogen-bond acceptors (Lipinski definition) is 3. The Morgan fingerprint density at radius 3 is 1.94 bits per heavy atom. The van der Waals surface area contributed by atoms with E-state index in [0.717, 1.165) is 12.8 Å². The third kappa shape index (κ3) is 6.69. The van der Waals surface area contributed by atoms with Gasteiger partial charge in [0.1, 0.15) is 5.75 Å². The molecule has 33 heavy (non-hydrogen) atoms. The van der Waals surface area contributed by atoms with Crippen LogP contribution in [0.3, 0.4) is 0 Å². The van der Waals surface area contributed by atoms with Crippen molar-refractivity contribution in [1.29, 1.82) is 0 Å². The number of unbranched alkanes of at least 4 members (excludes halogenated alkanes) is 1. The van der Waals surface area contributed by atoms with Crippen molar-refractivity contribution in [3.63, 3.8) is 0 Å². The van der Waals surface area contributed by atoms with Gasteiger partial charge in [-0.3, -0.25) is 9.59 Å². The summed E-state index contributed by atoms with van der Waals surface area (Å²) in [5.41, 5.74) is 3.59. The zero-order chi connectivity index (χ0) is 23.8. The van der Waals surface area contributed by atoms with Gasteiger partial charge in [-0.15, -0.1) is 0 Å². The van der Waals surface area contributed by atoms with Crippen molar-refractivity contribution < 1.29 is 14.3 Å². The molecule has 0 atom stereocenters. The first-order valence-electron chi connectivity index (χ1n) is 11.3. The second-order valence-corrected chi connectivity index (χ2v) is 9.01. The van der Waals surface area contributed by atoms with Crippen molar-refractivity contribution >= 4 is 23.2 Å². The first kappa shape index (κ1) is 24.1. The predicted molar refractivity (Wildman–Crippen MR) is 134 cm³/mol. The van der Waals surface area contributed by atoms with Crippen molar-refractivity contribution in [2.75, 3.05) is 17.2 Å². The summed E-state index contributed by atoms with van der Waals surface area (Å²) in [6.07, 6.45) is 1.96. The Bertz CT molecular complexity index is 1080. The van der Waals surface area contributed by atoms with E-state index in [4.69, 9.17) is 4.74 Å². The molecule has 3 rings (SSSR count). The highest BCUT2D eigenvalue weighted by Gasteiger charge is 2.15. The number of amides is 2. The summed E-state index contributed by atoms with van der Waals surface area (Å²) in [6.45, 7) is 9.09. The third-order valence-electron chi connectivity index (χ3n) is 5.30. The van der Waals surface area contributed by atoms with Gasteiger partial charge in [-0.1, -0.05) is 58.4 Å². The van der Waals surface area contributed by atoms with Crippen LogP contribution in [-0.2, 0) is 5.41 Å². The number of para-hydroxylation sites is 1. The van der Waals surface area contributed by atoms with Gasteiger partial charge in [0.2, 0.25) is 0 Å². The molecule has 0 unspecified atom stereocenters. The first-order chi connectivity index (χ1) is 15.8. The number of ether oxygens (including phenoxy) is 1. The summed E-state index contributed by atoms with van der Waals surface area (Å²) in [5, 5.41) is 5.78. The minimum Gasteiger partial charge on any atom is -0.493 e. The van der Waals surface area contributed by atoms with E-state index in [1.165, 1.54) is 5.56 Å². The Hall–Kier alpha value is -3.60. The minimum absolute atomic E-state index is 0.0391. The fourth-order valence-corrected chi connectivity index (χ4v) is 3.27. The lowest BCUT2D eigenvalue weighted by Gasteiger charge is -2.19. The van der Waals surface area contributed by atoms with Crippen LogP contribution in [0.2, 0.25) is 0 Å². The zero-order valence-corrected chi connectivity index (χ0v) is 19.8. The Morgan fingerprint density at radius 1 is 0.788 bits per heavy atom. The molecule has 0 aromatic heterocycles. The van der Waals surface area contributed by atoms with Gasteiger partial charge in [-0.05, 0) is 65.9 Å². The molecule has 0 radical (unpaired) electrons. The molecule has 0 fully saturated rings.